The van der Waals surface area contributed by atoms with E-state index in [1.54, 1.807) is 6.07 Å². The Morgan fingerprint density at radius 1 is 1.16 bits per heavy atom. The van der Waals surface area contributed by atoms with Gasteiger partial charge in [0, 0.05) is 26.2 Å². The molecule has 138 valence electrons. The summed E-state index contributed by atoms with van der Waals surface area (Å²) in [5, 5.41) is 2.39. The second kappa shape index (κ2) is 8.22. The van der Waals surface area contributed by atoms with Gasteiger partial charge in [-0.05, 0) is 12.1 Å². The number of hydrogen-bond acceptors (Lipinski definition) is 5. The number of nitrogens with zero attached hydrogens (tertiary/aromatic N) is 2. The minimum Gasteiger partial charge on any atom is -0.453 e. The number of amides is 2. The maximum Gasteiger partial charge on any atom is 0.407 e. The van der Waals surface area contributed by atoms with Crippen molar-refractivity contribution in [2.45, 2.75) is 4.90 Å². The van der Waals surface area contributed by atoms with E-state index in [0.717, 1.165) is 0 Å². The van der Waals surface area contributed by atoms with Gasteiger partial charge in [-0.15, -0.1) is 0 Å². The number of nitrogens with one attached hydrogen (secondary N) is 1. The first-order chi connectivity index (χ1) is 11.8. The van der Waals surface area contributed by atoms with E-state index in [-0.39, 0.29) is 53.6 Å². The Balaban J connectivity index is 2.02. The Hall–Kier alpha value is -1.55. The Morgan fingerprint density at radius 3 is 2.24 bits per heavy atom. The highest BCUT2D eigenvalue weighted by molar-refractivity contribution is 7.89. The van der Waals surface area contributed by atoms with Crippen molar-refractivity contribution < 1.29 is 22.7 Å². The molecule has 25 heavy (non-hydrogen) atoms. The third-order valence-corrected chi connectivity index (χ3v) is 6.53. The van der Waals surface area contributed by atoms with Crippen molar-refractivity contribution in [3.8, 4) is 0 Å². The molecule has 1 aromatic carbocycles. The number of carbonyl (C=O) groups is 2. The van der Waals surface area contributed by atoms with Crippen LogP contribution in [0.1, 0.15) is 0 Å². The molecule has 0 spiro atoms. The maximum atomic E-state index is 12.7. The predicted molar refractivity (Wildman–Crippen MR) is 92.2 cm³/mol. The molecular weight excluding hydrogens is 393 g/mol. The van der Waals surface area contributed by atoms with Gasteiger partial charge in [-0.3, -0.25) is 4.79 Å². The van der Waals surface area contributed by atoms with Gasteiger partial charge in [0.05, 0.1) is 17.2 Å². The van der Waals surface area contributed by atoms with E-state index < -0.39 is 16.1 Å². The summed E-state index contributed by atoms with van der Waals surface area (Å²) in [5.41, 5.74) is 0. The Labute approximate surface area is 155 Å². The summed E-state index contributed by atoms with van der Waals surface area (Å²) < 4.78 is 31.1. The van der Waals surface area contributed by atoms with Gasteiger partial charge in [-0.2, -0.15) is 4.31 Å². The fourth-order valence-electron chi connectivity index (χ4n) is 2.37. The maximum absolute atomic E-state index is 12.7. The van der Waals surface area contributed by atoms with Crippen LogP contribution < -0.4 is 5.32 Å². The summed E-state index contributed by atoms with van der Waals surface area (Å²) in [7, 11) is -2.66. The predicted octanol–water partition coefficient (Wildman–Crippen LogP) is 1.18. The molecule has 8 nitrogen and oxygen atoms in total. The fourth-order valence-corrected chi connectivity index (χ4v) is 4.88. The normalized spacial score (nSPS) is 15.7. The van der Waals surface area contributed by atoms with Crippen LogP contribution in [0.3, 0.4) is 0 Å². The molecule has 0 unspecified atom stereocenters. The van der Waals surface area contributed by atoms with Crippen LogP contribution >= 0.6 is 23.2 Å². The zero-order valence-electron chi connectivity index (χ0n) is 13.4. The molecule has 0 aliphatic carbocycles. The van der Waals surface area contributed by atoms with Crippen LogP contribution in [-0.2, 0) is 19.6 Å². The second-order valence-electron chi connectivity index (χ2n) is 5.18. The first-order valence-electron chi connectivity index (χ1n) is 7.31. The largest absolute Gasteiger partial charge is 0.453 e. The van der Waals surface area contributed by atoms with Crippen LogP contribution in [0.2, 0.25) is 10.0 Å². The monoisotopic (exact) mass is 409 g/mol. The van der Waals surface area contributed by atoms with E-state index in [0.29, 0.717) is 0 Å². The summed E-state index contributed by atoms with van der Waals surface area (Å²) in [5.74, 6) is -0.321. The van der Waals surface area contributed by atoms with Crippen molar-refractivity contribution in [2.24, 2.45) is 0 Å². The molecule has 0 atom stereocenters. The summed E-state index contributed by atoms with van der Waals surface area (Å²) in [6.45, 7) is 0.392. The molecule has 1 N–H and O–H groups in total. The van der Waals surface area contributed by atoms with E-state index in [2.05, 4.69) is 10.1 Å². The van der Waals surface area contributed by atoms with Gasteiger partial charge in [-0.1, -0.05) is 29.3 Å². The molecule has 1 aliphatic heterocycles. The lowest BCUT2D eigenvalue weighted by atomic mass is 10.3. The highest BCUT2D eigenvalue weighted by Crippen LogP contribution is 2.31. The third-order valence-electron chi connectivity index (χ3n) is 3.68. The van der Waals surface area contributed by atoms with Crippen LogP contribution in [0, 0.1) is 0 Å². The highest BCUT2D eigenvalue weighted by Gasteiger charge is 2.32. The quantitative estimate of drug-likeness (QED) is 0.805. The van der Waals surface area contributed by atoms with Crippen LogP contribution in [0.4, 0.5) is 4.79 Å². The zero-order valence-corrected chi connectivity index (χ0v) is 15.7. The number of ether oxygens (including phenoxy) is 1. The number of benzene rings is 1. The number of carbonyl (C=O) groups excluding carboxylic acids is 2. The van der Waals surface area contributed by atoms with E-state index >= 15 is 0 Å². The number of rotatable bonds is 4. The Kier molecular flexibility index (Phi) is 6.50. The molecule has 0 saturated carbocycles. The van der Waals surface area contributed by atoms with Crippen molar-refractivity contribution in [2.75, 3.05) is 39.8 Å². The molecule has 0 radical (unpaired) electrons. The molecule has 11 heteroatoms. The zero-order chi connectivity index (χ0) is 18.6. The fraction of sp³-hybridized carbons (Fsp3) is 0.429. The lowest BCUT2D eigenvalue weighted by molar-refractivity contribution is -0.131. The molecule has 0 bridgehead atoms. The van der Waals surface area contributed by atoms with Gasteiger partial charge < -0.3 is 15.0 Å². The molecule has 2 rings (SSSR count). The molecule has 0 aromatic heterocycles. The summed E-state index contributed by atoms with van der Waals surface area (Å²) in [6, 6.07) is 4.48. The van der Waals surface area contributed by atoms with Crippen molar-refractivity contribution in [1.82, 2.24) is 14.5 Å². The van der Waals surface area contributed by atoms with Gasteiger partial charge in [0.25, 0.3) is 0 Å². The highest BCUT2D eigenvalue weighted by atomic mass is 35.5. The van der Waals surface area contributed by atoms with E-state index in [4.69, 9.17) is 23.2 Å². The average Bonchev–Trinajstić information content (AvgIpc) is 2.59. The standard InChI is InChI=1S/C14H17Cl2N3O5S/c1-24-14(21)17-9-12(20)18-5-7-19(8-6-18)25(22,23)13-10(15)3-2-4-11(13)16/h2-4H,5-9H2,1H3,(H,17,21). The topological polar surface area (TPSA) is 96.0 Å². The van der Waals surface area contributed by atoms with Gasteiger partial charge >= 0.3 is 6.09 Å². The summed E-state index contributed by atoms with van der Waals surface area (Å²) in [6.07, 6.45) is -0.706. The SMILES string of the molecule is COC(=O)NCC(=O)N1CCN(S(=O)(=O)c2c(Cl)cccc2Cl)CC1. The third kappa shape index (κ3) is 4.55. The number of halogens is 2. The Morgan fingerprint density at radius 2 is 1.72 bits per heavy atom. The van der Waals surface area contributed by atoms with Crippen molar-refractivity contribution in [3.05, 3.63) is 28.2 Å². The van der Waals surface area contributed by atoms with Crippen molar-refractivity contribution in [1.29, 1.82) is 0 Å². The number of sulfonamides is 1. The number of piperazine rings is 1. The number of alkyl carbamates (subject to hydrolysis) is 1. The molecule has 1 aliphatic rings. The minimum absolute atomic E-state index is 0.0493. The average molecular weight is 410 g/mol. The molecule has 1 aromatic rings. The second-order valence-corrected chi connectivity index (χ2v) is 7.87. The molecule has 1 saturated heterocycles. The minimum atomic E-state index is -3.86. The first kappa shape index (κ1) is 19.8. The summed E-state index contributed by atoms with van der Waals surface area (Å²) >= 11 is 12.0. The van der Waals surface area contributed by atoms with Gasteiger partial charge in [0.2, 0.25) is 15.9 Å². The summed E-state index contributed by atoms with van der Waals surface area (Å²) in [4.78, 5) is 24.3. The smallest absolute Gasteiger partial charge is 0.407 e. The van der Waals surface area contributed by atoms with E-state index in [1.807, 2.05) is 0 Å². The van der Waals surface area contributed by atoms with E-state index in [9.17, 15) is 18.0 Å². The van der Waals surface area contributed by atoms with Crippen LogP contribution in [0.15, 0.2) is 23.1 Å². The molecular formula is C14H17Cl2N3O5S. The number of hydrogen-bond donors (Lipinski definition) is 1. The van der Waals surface area contributed by atoms with Crippen LogP contribution in [-0.4, -0.2) is 69.5 Å². The molecule has 1 heterocycles. The molecule has 1 fully saturated rings. The lowest BCUT2D eigenvalue weighted by Gasteiger charge is -2.34. The van der Waals surface area contributed by atoms with Gasteiger partial charge in [0.1, 0.15) is 11.4 Å². The van der Waals surface area contributed by atoms with Crippen LogP contribution in [0.5, 0.6) is 0 Å². The molecule has 2 amide bonds. The van der Waals surface area contributed by atoms with Crippen molar-refractivity contribution in [3.63, 3.8) is 0 Å². The Bertz CT molecular complexity index is 743. The van der Waals surface area contributed by atoms with Gasteiger partial charge in [0.15, 0.2) is 0 Å². The van der Waals surface area contributed by atoms with E-state index in [1.165, 1.54) is 28.4 Å². The lowest BCUT2D eigenvalue weighted by Crippen LogP contribution is -2.52. The van der Waals surface area contributed by atoms with Gasteiger partial charge in [-0.25, -0.2) is 13.2 Å². The van der Waals surface area contributed by atoms with Crippen molar-refractivity contribution >= 4 is 45.2 Å². The van der Waals surface area contributed by atoms with Crippen LogP contribution in [0.25, 0.3) is 0 Å². The first-order valence-corrected chi connectivity index (χ1v) is 9.50. The number of methoxy groups -OCH3 is 1.